The Morgan fingerprint density at radius 3 is 2.36 bits per heavy atom. The largest absolute Gasteiger partial charge is 0.477 e. The number of carboxylic acid groups (broad SMARTS) is 2. The van der Waals surface area contributed by atoms with Crippen molar-refractivity contribution >= 4 is 33.8 Å². The molecule has 1 aromatic carbocycles. The number of rotatable bonds is 2. The van der Waals surface area contributed by atoms with Crippen molar-refractivity contribution in [3.8, 4) is 0 Å². The molecule has 0 aliphatic rings. The average molecular weight is 301 g/mol. The van der Waals surface area contributed by atoms with Crippen molar-refractivity contribution < 1.29 is 24.2 Å². The summed E-state index contributed by atoms with van der Waals surface area (Å²) in [6.07, 6.45) is 0. The molecule has 0 unspecified atom stereocenters. The number of carboxylic acids is 2. The standard InChI is InChI=1S/C14H7NO7/c16-8-4-10(14(20)21)22-12-5(8)1-2-6-11(12)9(17)3-7(15-6)13(18)19/h1-4H,(H,15,17)(H,18,19)(H,20,21). The Morgan fingerprint density at radius 1 is 1.00 bits per heavy atom. The highest BCUT2D eigenvalue weighted by molar-refractivity contribution is 6.04. The van der Waals surface area contributed by atoms with E-state index in [0.717, 1.165) is 12.1 Å². The number of hydrogen-bond donors (Lipinski definition) is 3. The van der Waals surface area contributed by atoms with Crippen LogP contribution in [0.3, 0.4) is 0 Å². The molecule has 0 aliphatic heterocycles. The number of nitrogens with one attached hydrogen (secondary N) is 1. The number of fused-ring (bicyclic) bond motifs is 3. The van der Waals surface area contributed by atoms with E-state index in [1.807, 2.05) is 0 Å². The summed E-state index contributed by atoms with van der Waals surface area (Å²) in [5.74, 6) is -3.37. The normalized spacial score (nSPS) is 10.9. The Bertz CT molecular complexity index is 1070. The van der Waals surface area contributed by atoms with Gasteiger partial charge in [-0.15, -0.1) is 0 Å². The number of pyridine rings is 1. The molecule has 0 bridgehead atoms. The maximum atomic E-state index is 12.1. The Kier molecular flexibility index (Phi) is 2.81. The molecule has 0 saturated heterocycles. The minimum absolute atomic E-state index is 0.0334. The molecular formula is C14H7NO7. The topological polar surface area (TPSA) is 138 Å². The van der Waals surface area contributed by atoms with Gasteiger partial charge in [0.2, 0.25) is 5.76 Å². The fourth-order valence-electron chi connectivity index (χ4n) is 2.17. The van der Waals surface area contributed by atoms with E-state index in [1.54, 1.807) is 0 Å². The molecule has 0 radical (unpaired) electrons. The van der Waals surface area contributed by atoms with Crippen LogP contribution in [0.4, 0.5) is 0 Å². The molecule has 0 atom stereocenters. The molecular weight excluding hydrogens is 294 g/mol. The van der Waals surface area contributed by atoms with Crippen LogP contribution in [0.25, 0.3) is 21.9 Å². The molecule has 2 aromatic heterocycles. The number of H-pyrrole nitrogens is 1. The van der Waals surface area contributed by atoms with Crippen LogP contribution in [0.5, 0.6) is 0 Å². The van der Waals surface area contributed by atoms with Gasteiger partial charge in [0.1, 0.15) is 5.69 Å². The Labute approximate surface area is 120 Å². The third-order valence-corrected chi connectivity index (χ3v) is 3.13. The van der Waals surface area contributed by atoms with E-state index in [1.165, 1.54) is 12.1 Å². The molecule has 2 heterocycles. The van der Waals surface area contributed by atoms with Crippen LogP contribution < -0.4 is 10.9 Å². The molecule has 8 heteroatoms. The molecule has 0 saturated carbocycles. The van der Waals surface area contributed by atoms with Crippen LogP contribution in [0, 0.1) is 0 Å². The van der Waals surface area contributed by atoms with Gasteiger partial charge in [0.15, 0.2) is 16.4 Å². The summed E-state index contributed by atoms with van der Waals surface area (Å²) in [5, 5.41) is 17.8. The third-order valence-electron chi connectivity index (χ3n) is 3.13. The minimum Gasteiger partial charge on any atom is -0.477 e. The number of hydrogen-bond acceptors (Lipinski definition) is 5. The van der Waals surface area contributed by atoms with Crippen LogP contribution in [0.2, 0.25) is 0 Å². The summed E-state index contributed by atoms with van der Waals surface area (Å²) in [4.78, 5) is 48.4. The van der Waals surface area contributed by atoms with Crippen molar-refractivity contribution in [2.45, 2.75) is 0 Å². The molecule has 0 amide bonds. The fraction of sp³-hybridized carbons (Fsp3) is 0. The van der Waals surface area contributed by atoms with Gasteiger partial charge in [0, 0.05) is 12.1 Å². The van der Waals surface area contributed by atoms with Crippen LogP contribution in [0.15, 0.2) is 38.3 Å². The highest BCUT2D eigenvalue weighted by Gasteiger charge is 2.16. The summed E-state index contributed by atoms with van der Waals surface area (Å²) < 4.78 is 5.13. The summed E-state index contributed by atoms with van der Waals surface area (Å²) in [5.41, 5.74) is -1.69. The SMILES string of the molecule is O=C(O)c1cc(=O)c2c(ccc3c(=O)cc(C(=O)O)oc32)[nH]1. The molecule has 0 aliphatic carbocycles. The number of aromatic amines is 1. The maximum Gasteiger partial charge on any atom is 0.371 e. The molecule has 110 valence electrons. The first-order valence-corrected chi connectivity index (χ1v) is 5.99. The molecule has 8 nitrogen and oxygen atoms in total. The summed E-state index contributed by atoms with van der Waals surface area (Å²) in [6, 6.07) is 4.35. The third kappa shape index (κ3) is 1.94. The minimum atomic E-state index is -1.45. The number of aromatic nitrogens is 1. The highest BCUT2D eigenvalue weighted by atomic mass is 16.4. The van der Waals surface area contributed by atoms with E-state index in [9.17, 15) is 19.2 Å². The van der Waals surface area contributed by atoms with Gasteiger partial charge >= 0.3 is 11.9 Å². The van der Waals surface area contributed by atoms with Gasteiger partial charge in [-0.25, -0.2) is 9.59 Å². The van der Waals surface area contributed by atoms with Gasteiger partial charge in [0.25, 0.3) is 0 Å². The van der Waals surface area contributed by atoms with E-state index in [-0.39, 0.29) is 27.6 Å². The highest BCUT2D eigenvalue weighted by Crippen LogP contribution is 2.21. The lowest BCUT2D eigenvalue weighted by Gasteiger charge is -2.04. The zero-order valence-electron chi connectivity index (χ0n) is 10.7. The van der Waals surface area contributed by atoms with Crippen LogP contribution >= 0.6 is 0 Å². The summed E-state index contributed by atoms with van der Waals surface area (Å²) in [6.45, 7) is 0. The lowest BCUT2D eigenvalue weighted by atomic mass is 10.1. The van der Waals surface area contributed by atoms with Gasteiger partial charge < -0.3 is 19.6 Å². The van der Waals surface area contributed by atoms with Crippen LogP contribution in [-0.4, -0.2) is 27.1 Å². The van der Waals surface area contributed by atoms with E-state index in [4.69, 9.17) is 14.6 Å². The lowest BCUT2D eigenvalue weighted by molar-refractivity contribution is 0.0660. The van der Waals surface area contributed by atoms with E-state index < -0.39 is 28.6 Å². The quantitative estimate of drug-likeness (QED) is 0.601. The lowest BCUT2D eigenvalue weighted by Crippen LogP contribution is -2.12. The van der Waals surface area contributed by atoms with Crippen molar-refractivity contribution in [3.05, 3.63) is 56.2 Å². The average Bonchev–Trinajstić information content (AvgIpc) is 2.45. The second-order valence-electron chi connectivity index (χ2n) is 4.50. The van der Waals surface area contributed by atoms with E-state index >= 15 is 0 Å². The van der Waals surface area contributed by atoms with Gasteiger partial charge in [-0.1, -0.05) is 0 Å². The first-order valence-electron chi connectivity index (χ1n) is 5.99. The monoisotopic (exact) mass is 301 g/mol. The van der Waals surface area contributed by atoms with Crippen LogP contribution in [0.1, 0.15) is 21.0 Å². The molecule has 0 fully saturated rings. The zero-order valence-corrected chi connectivity index (χ0v) is 10.7. The molecule has 3 aromatic rings. The smallest absolute Gasteiger partial charge is 0.371 e. The Balaban J connectivity index is 2.55. The van der Waals surface area contributed by atoms with E-state index in [0.29, 0.717) is 0 Å². The zero-order chi connectivity index (χ0) is 16.0. The van der Waals surface area contributed by atoms with Gasteiger partial charge in [-0.05, 0) is 12.1 Å². The first kappa shape index (κ1) is 13.6. The van der Waals surface area contributed by atoms with Crippen molar-refractivity contribution in [2.75, 3.05) is 0 Å². The van der Waals surface area contributed by atoms with Crippen molar-refractivity contribution in [2.24, 2.45) is 0 Å². The predicted octanol–water partition coefficient (Wildman–Crippen LogP) is 1.03. The van der Waals surface area contributed by atoms with E-state index in [2.05, 4.69) is 4.98 Å². The molecule has 3 N–H and O–H groups in total. The van der Waals surface area contributed by atoms with Gasteiger partial charge in [-0.2, -0.15) is 0 Å². The van der Waals surface area contributed by atoms with Crippen molar-refractivity contribution in [1.29, 1.82) is 0 Å². The Hall–Kier alpha value is -3.42. The van der Waals surface area contributed by atoms with Gasteiger partial charge in [-0.3, -0.25) is 9.59 Å². The molecule has 3 rings (SSSR count). The number of benzene rings is 1. The number of carbonyl (C=O) groups is 2. The predicted molar refractivity (Wildman–Crippen MR) is 74.5 cm³/mol. The Morgan fingerprint density at radius 2 is 1.73 bits per heavy atom. The summed E-state index contributed by atoms with van der Waals surface area (Å²) >= 11 is 0. The molecule has 22 heavy (non-hydrogen) atoms. The summed E-state index contributed by atoms with van der Waals surface area (Å²) in [7, 11) is 0. The van der Waals surface area contributed by atoms with Crippen LogP contribution in [-0.2, 0) is 0 Å². The van der Waals surface area contributed by atoms with Gasteiger partial charge in [0.05, 0.1) is 16.3 Å². The second kappa shape index (κ2) is 4.55. The van der Waals surface area contributed by atoms with Crippen molar-refractivity contribution in [3.63, 3.8) is 0 Å². The van der Waals surface area contributed by atoms with Crippen molar-refractivity contribution in [1.82, 2.24) is 4.98 Å². The maximum absolute atomic E-state index is 12.1. The number of aromatic carboxylic acids is 2. The first-order chi connectivity index (χ1) is 10.4. The fourth-order valence-corrected chi connectivity index (χ4v) is 2.17. The molecule has 0 spiro atoms. The second-order valence-corrected chi connectivity index (χ2v) is 4.50.